The van der Waals surface area contributed by atoms with Gasteiger partial charge >= 0.3 is 0 Å². The van der Waals surface area contributed by atoms with Crippen molar-refractivity contribution in [2.45, 2.75) is 20.0 Å². The lowest BCUT2D eigenvalue weighted by atomic mass is 10.1. The van der Waals surface area contributed by atoms with E-state index in [9.17, 15) is 4.39 Å². The van der Waals surface area contributed by atoms with E-state index in [-0.39, 0.29) is 5.82 Å². The zero-order chi connectivity index (χ0) is 13.7. The summed E-state index contributed by atoms with van der Waals surface area (Å²) in [5.74, 6) is -0.329. The second-order valence-corrected chi connectivity index (χ2v) is 4.28. The highest BCUT2D eigenvalue weighted by Crippen LogP contribution is 2.10. The molecule has 2 aromatic rings. The van der Waals surface area contributed by atoms with E-state index in [0.29, 0.717) is 24.2 Å². The van der Waals surface area contributed by atoms with Crippen molar-refractivity contribution in [3.63, 3.8) is 0 Å². The van der Waals surface area contributed by atoms with E-state index in [0.717, 1.165) is 11.3 Å². The Kier molecular flexibility index (Phi) is 4.22. The summed E-state index contributed by atoms with van der Waals surface area (Å²) in [7, 11) is 0. The fraction of sp³-hybridized carbons (Fsp3) is 0.200. The molecular formula is C15H14FN3. The van der Waals surface area contributed by atoms with E-state index < -0.39 is 0 Å². The van der Waals surface area contributed by atoms with Gasteiger partial charge in [0.15, 0.2) is 0 Å². The molecule has 1 aromatic carbocycles. The average Bonchev–Trinajstić information content (AvgIpc) is 2.41. The summed E-state index contributed by atoms with van der Waals surface area (Å²) in [5, 5.41) is 12.1. The van der Waals surface area contributed by atoms with Crippen molar-refractivity contribution in [3.05, 3.63) is 64.7 Å². The van der Waals surface area contributed by atoms with Crippen molar-refractivity contribution in [2.24, 2.45) is 0 Å². The zero-order valence-electron chi connectivity index (χ0n) is 10.7. The first kappa shape index (κ1) is 13.2. The Morgan fingerprint density at radius 1 is 1.32 bits per heavy atom. The van der Waals surface area contributed by atoms with Gasteiger partial charge in [0.1, 0.15) is 5.82 Å². The SMILES string of the molecule is Cc1cccnc1CNCc1cc(F)ccc1C#N. The molecule has 0 unspecified atom stereocenters. The van der Waals surface area contributed by atoms with E-state index in [4.69, 9.17) is 5.26 Å². The maximum Gasteiger partial charge on any atom is 0.123 e. The van der Waals surface area contributed by atoms with Crippen LogP contribution in [0.5, 0.6) is 0 Å². The predicted molar refractivity (Wildman–Crippen MR) is 70.6 cm³/mol. The van der Waals surface area contributed by atoms with Crippen LogP contribution in [0.15, 0.2) is 36.5 Å². The first-order valence-corrected chi connectivity index (χ1v) is 6.00. The Morgan fingerprint density at radius 3 is 2.89 bits per heavy atom. The number of hydrogen-bond acceptors (Lipinski definition) is 3. The Balaban J connectivity index is 2.02. The summed E-state index contributed by atoms with van der Waals surface area (Å²) in [5.41, 5.74) is 3.22. The third-order valence-corrected chi connectivity index (χ3v) is 2.91. The second kappa shape index (κ2) is 6.07. The molecule has 0 spiro atoms. The number of pyridine rings is 1. The maximum absolute atomic E-state index is 13.1. The Morgan fingerprint density at radius 2 is 2.16 bits per heavy atom. The van der Waals surface area contributed by atoms with E-state index in [2.05, 4.69) is 16.4 Å². The van der Waals surface area contributed by atoms with Gasteiger partial charge in [-0.1, -0.05) is 6.07 Å². The van der Waals surface area contributed by atoms with E-state index in [1.807, 2.05) is 19.1 Å². The molecule has 1 N–H and O–H groups in total. The largest absolute Gasteiger partial charge is 0.307 e. The number of halogens is 1. The van der Waals surface area contributed by atoms with Gasteiger partial charge in [-0.3, -0.25) is 4.98 Å². The molecule has 0 saturated heterocycles. The number of hydrogen-bond donors (Lipinski definition) is 1. The highest BCUT2D eigenvalue weighted by atomic mass is 19.1. The van der Waals surface area contributed by atoms with Crippen LogP contribution in [0.25, 0.3) is 0 Å². The second-order valence-electron chi connectivity index (χ2n) is 4.28. The maximum atomic E-state index is 13.1. The Labute approximate surface area is 111 Å². The van der Waals surface area contributed by atoms with Gasteiger partial charge in [0.05, 0.1) is 17.3 Å². The minimum atomic E-state index is -0.329. The van der Waals surface area contributed by atoms with Crippen LogP contribution >= 0.6 is 0 Å². The number of nitrogens with one attached hydrogen (secondary N) is 1. The summed E-state index contributed by atoms with van der Waals surface area (Å²) in [4.78, 5) is 4.27. The molecule has 1 aromatic heterocycles. The molecule has 0 aliphatic heterocycles. The zero-order valence-corrected chi connectivity index (χ0v) is 10.7. The smallest absolute Gasteiger partial charge is 0.123 e. The number of benzene rings is 1. The molecule has 3 nitrogen and oxygen atoms in total. The molecular weight excluding hydrogens is 241 g/mol. The van der Waals surface area contributed by atoms with Gasteiger partial charge in [0, 0.05) is 19.3 Å². The number of aromatic nitrogens is 1. The van der Waals surface area contributed by atoms with Crippen molar-refractivity contribution in [2.75, 3.05) is 0 Å². The van der Waals surface area contributed by atoms with Crippen LogP contribution in [0, 0.1) is 24.1 Å². The van der Waals surface area contributed by atoms with Crippen LogP contribution in [-0.4, -0.2) is 4.98 Å². The fourth-order valence-corrected chi connectivity index (χ4v) is 1.84. The first-order chi connectivity index (χ1) is 9.20. The lowest BCUT2D eigenvalue weighted by Crippen LogP contribution is -2.15. The van der Waals surface area contributed by atoms with Gasteiger partial charge in [-0.15, -0.1) is 0 Å². The highest BCUT2D eigenvalue weighted by molar-refractivity contribution is 5.37. The lowest BCUT2D eigenvalue weighted by molar-refractivity contribution is 0.618. The van der Waals surface area contributed by atoms with Crippen LogP contribution in [0.4, 0.5) is 4.39 Å². The van der Waals surface area contributed by atoms with Crippen LogP contribution in [0.3, 0.4) is 0 Å². The molecule has 0 saturated carbocycles. The molecule has 0 amide bonds. The molecule has 96 valence electrons. The quantitative estimate of drug-likeness (QED) is 0.913. The van der Waals surface area contributed by atoms with Crippen molar-refractivity contribution in [1.82, 2.24) is 10.3 Å². The number of nitrogens with zero attached hydrogens (tertiary/aromatic N) is 2. The topological polar surface area (TPSA) is 48.7 Å². The monoisotopic (exact) mass is 255 g/mol. The van der Waals surface area contributed by atoms with Crippen LogP contribution in [0.1, 0.15) is 22.4 Å². The van der Waals surface area contributed by atoms with E-state index >= 15 is 0 Å². The highest BCUT2D eigenvalue weighted by Gasteiger charge is 2.04. The van der Waals surface area contributed by atoms with Gasteiger partial charge in [-0.25, -0.2) is 4.39 Å². The molecule has 0 fully saturated rings. The van der Waals surface area contributed by atoms with Gasteiger partial charge in [0.2, 0.25) is 0 Å². The molecule has 19 heavy (non-hydrogen) atoms. The summed E-state index contributed by atoms with van der Waals surface area (Å²) >= 11 is 0. The third kappa shape index (κ3) is 3.36. The van der Waals surface area contributed by atoms with E-state index in [1.165, 1.54) is 18.2 Å². The minimum Gasteiger partial charge on any atom is -0.307 e. The summed E-state index contributed by atoms with van der Waals surface area (Å²) < 4.78 is 13.1. The number of aryl methyl sites for hydroxylation is 1. The van der Waals surface area contributed by atoms with Gasteiger partial charge in [-0.05, 0) is 42.3 Å². The van der Waals surface area contributed by atoms with Gasteiger partial charge in [0.25, 0.3) is 0 Å². The van der Waals surface area contributed by atoms with Gasteiger partial charge < -0.3 is 5.32 Å². The van der Waals surface area contributed by atoms with Crippen molar-refractivity contribution < 1.29 is 4.39 Å². The summed E-state index contributed by atoms with van der Waals surface area (Å²) in [6, 6.07) is 10.1. The molecule has 0 radical (unpaired) electrons. The van der Waals surface area contributed by atoms with Crippen molar-refractivity contribution >= 4 is 0 Å². The molecule has 1 heterocycles. The molecule has 0 aliphatic rings. The molecule has 4 heteroatoms. The predicted octanol–water partition coefficient (Wildman–Crippen LogP) is 2.69. The molecule has 2 rings (SSSR count). The van der Waals surface area contributed by atoms with Crippen LogP contribution < -0.4 is 5.32 Å². The lowest BCUT2D eigenvalue weighted by Gasteiger charge is -2.08. The summed E-state index contributed by atoms with van der Waals surface area (Å²) in [6.07, 6.45) is 1.74. The standard InChI is InChI=1S/C15H14FN3/c1-11-3-2-6-19-15(11)10-18-9-13-7-14(16)5-4-12(13)8-17/h2-7,18H,9-10H2,1H3. The molecule has 0 bridgehead atoms. The summed E-state index contributed by atoms with van der Waals surface area (Å²) in [6.45, 7) is 3.03. The van der Waals surface area contributed by atoms with Crippen LogP contribution in [0.2, 0.25) is 0 Å². The van der Waals surface area contributed by atoms with Crippen molar-refractivity contribution in [1.29, 1.82) is 5.26 Å². The van der Waals surface area contributed by atoms with Crippen molar-refractivity contribution in [3.8, 4) is 6.07 Å². The number of rotatable bonds is 4. The van der Waals surface area contributed by atoms with Gasteiger partial charge in [-0.2, -0.15) is 5.26 Å². The first-order valence-electron chi connectivity index (χ1n) is 6.00. The van der Waals surface area contributed by atoms with E-state index in [1.54, 1.807) is 6.20 Å². The third-order valence-electron chi connectivity index (χ3n) is 2.91. The molecule has 0 atom stereocenters. The Hall–Kier alpha value is -2.25. The normalized spacial score (nSPS) is 10.2. The Bertz CT molecular complexity index is 617. The molecule has 0 aliphatic carbocycles. The average molecular weight is 255 g/mol. The van der Waals surface area contributed by atoms with Crippen LogP contribution in [-0.2, 0) is 13.1 Å². The number of nitriles is 1. The fourth-order valence-electron chi connectivity index (χ4n) is 1.84. The minimum absolute atomic E-state index is 0.329.